The number of likely N-dealkylation sites (N-methyl/N-ethyl adjacent to an activating group) is 1. The number of piperidine rings is 1. The Labute approximate surface area is 140 Å². The fourth-order valence-electron chi connectivity index (χ4n) is 3.10. The normalized spacial score (nSPS) is 26.8. The van der Waals surface area contributed by atoms with E-state index in [1.165, 1.54) is 0 Å². The van der Waals surface area contributed by atoms with Gasteiger partial charge in [-0.05, 0) is 38.4 Å². The van der Waals surface area contributed by atoms with Gasteiger partial charge >= 0.3 is 0 Å². The maximum Gasteiger partial charge on any atom is 0.220 e. The molecule has 5 nitrogen and oxygen atoms in total. The molecule has 0 aromatic heterocycles. The number of methoxy groups -OCH3 is 1. The Morgan fingerprint density at radius 1 is 1.29 bits per heavy atom. The van der Waals surface area contributed by atoms with Gasteiger partial charge in [0.05, 0.1) is 12.1 Å². The molecule has 1 amide bonds. The zero-order valence-corrected chi connectivity index (χ0v) is 14.6. The Hall–Kier alpha value is -0.0700. The van der Waals surface area contributed by atoms with Crippen LogP contribution in [0.4, 0.5) is 0 Å². The first-order chi connectivity index (χ1) is 9.22. The van der Waals surface area contributed by atoms with Gasteiger partial charge in [-0.25, -0.2) is 0 Å². The number of carbonyl (C=O) groups excluding carboxylic acids is 1. The minimum Gasteiger partial charge on any atom is -0.378 e. The van der Waals surface area contributed by atoms with Crippen molar-refractivity contribution in [2.75, 3.05) is 39.8 Å². The molecule has 2 saturated heterocycles. The molecule has 0 saturated carbocycles. The number of nitrogens with one attached hydrogen (secondary N) is 2. The summed E-state index contributed by atoms with van der Waals surface area (Å²) >= 11 is 0. The van der Waals surface area contributed by atoms with E-state index in [9.17, 15) is 4.79 Å². The summed E-state index contributed by atoms with van der Waals surface area (Å²) in [6.45, 7) is 7.09. The molecule has 126 valence electrons. The molecule has 2 N–H and O–H groups in total. The standard InChI is InChI=1S/C14H27N3O2.2ClH/c1-3-17-9-12(13(10-17)19-2)16-14(18)8-11-4-6-15-7-5-11;;/h11-13,15H,3-10H2,1-2H3,(H,16,18);2*1H/t12-,13-;;/m0../s1. The minimum absolute atomic E-state index is 0. The van der Waals surface area contributed by atoms with E-state index in [2.05, 4.69) is 22.5 Å². The van der Waals surface area contributed by atoms with Crippen molar-refractivity contribution < 1.29 is 9.53 Å². The molecule has 7 heteroatoms. The Kier molecular flexibility index (Phi) is 10.6. The van der Waals surface area contributed by atoms with Gasteiger partial charge in [-0.15, -0.1) is 24.8 Å². The molecule has 0 bridgehead atoms. The van der Waals surface area contributed by atoms with Crippen LogP contribution in [0.2, 0.25) is 0 Å². The summed E-state index contributed by atoms with van der Waals surface area (Å²) in [5.74, 6) is 0.739. The third-order valence-electron chi connectivity index (χ3n) is 4.37. The molecule has 0 aromatic rings. The zero-order chi connectivity index (χ0) is 13.7. The second kappa shape index (κ2) is 10.6. The average Bonchev–Trinajstić information content (AvgIpc) is 2.82. The lowest BCUT2D eigenvalue weighted by Crippen LogP contribution is -2.44. The van der Waals surface area contributed by atoms with E-state index < -0.39 is 0 Å². The van der Waals surface area contributed by atoms with Crippen molar-refractivity contribution in [1.29, 1.82) is 0 Å². The molecule has 2 atom stereocenters. The van der Waals surface area contributed by atoms with Crippen molar-refractivity contribution in [3.63, 3.8) is 0 Å². The predicted octanol–water partition coefficient (Wildman–Crippen LogP) is 1.05. The van der Waals surface area contributed by atoms with Crippen LogP contribution in [0.1, 0.15) is 26.2 Å². The van der Waals surface area contributed by atoms with E-state index in [-0.39, 0.29) is 42.9 Å². The SMILES string of the molecule is CCN1C[C@H](NC(=O)CC2CCNCC2)[C@@H](OC)C1.Cl.Cl. The summed E-state index contributed by atoms with van der Waals surface area (Å²) < 4.78 is 5.48. The van der Waals surface area contributed by atoms with Gasteiger partial charge in [0.2, 0.25) is 5.91 Å². The third-order valence-corrected chi connectivity index (χ3v) is 4.37. The highest BCUT2D eigenvalue weighted by atomic mass is 35.5. The van der Waals surface area contributed by atoms with Crippen LogP contribution in [-0.2, 0) is 9.53 Å². The maximum absolute atomic E-state index is 12.1. The summed E-state index contributed by atoms with van der Waals surface area (Å²) in [5, 5.41) is 6.50. The van der Waals surface area contributed by atoms with Gasteiger partial charge in [0.15, 0.2) is 0 Å². The van der Waals surface area contributed by atoms with Crippen LogP contribution < -0.4 is 10.6 Å². The number of rotatable bonds is 5. The smallest absolute Gasteiger partial charge is 0.220 e. The Morgan fingerprint density at radius 2 is 1.95 bits per heavy atom. The van der Waals surface area contributed by atoms with Gasteiger partial charge in [0.1, 0.15) is 0 Å². The quantitative estimate of drug-likeness (QED) is 0.784. The molecule has 2 aliphatic rings. The Morgan fingerprint density at radius 3 is 2.52 bits per heavy atom. The van der Waals surface area contributed by atoms with Crippen LogP contribution in [0.15, 0.2) is 0 Å². The lowest BCUT2D eigenvalue weighted by Gasteiger charge is -2.24. The molecule has 2 aliphatic heterocycles. The van der Waals surface area contributed by atoms with Crippen molar-refractivity contribution in [2.24, 2.45) is 5.92 Å². The number of likely N-dealkylation sites (tertiary alicyclic amines) is 1. The van der Waals surface area contributed by atoms with Gasteiger partial charge in [0, 0.05) is 26.6 Å². The van der Waals surface area contributed by atoms with Crippen molar-refractivity contribution in [3.05, 3.63) is 0 Å². The molecule has 0 aliphatic carbocycles. The number of nitrogens with zero attached hydrogens (tertiary/aromatic N) is 1. The van der Waals surface area contributed by atoms with Crippen LogP contribution in [-0.4, -0.2) is 62.8 Å². The Balaban J connectivity index is 0.00000200. The van der Waals surface area contributed by atoms with E-state index in [0.717, 1.165) is 45.6 Å². The number of amides is 1. The van der Waals surface area contributed by atoms with E-state index in [1.807, 2.05) is 0 Å². The summed E-state index contributed by atoms with van der Waals surface area (Å²) in [6, 6.07) is 0.152. The number of halogens is 2. The monoisotopic (exact) mass is 341 g/mol. The van der Waals surface area contributed by atoms with Gasteiger partial charge in [-0.1, -0.05) is 6.92 Å². The minimum atomic E-state index is 0. The highest BCUT2D eigenvalue weighted by Crippen LogP contribution is 2.17. The van der Waals surface area contributed by atoms with Crippen LogP contribution in [0.5, 0.6) is 0 Å². The summed E-state index contributed by atoms with van der Waals surface area (Å²) in [5.41, 5.74) is 0. The summed E-state index contributed by atoms with van der Waals surface area (Å²) in [4.78, 5) is 14.4. The Bertz CT molecular complexity index is 302. The van der Waals surface area contributed by atoms with Gasteiger partial charge in [0.25, 0.3) is 0 Å². The molecule has 0 radical (unpaired) electrons. The highest BCUT2D eigenvalue weighted by Gasteiger charge is 2.33. The fourth-order valence-corrected chi connectivity index (χ4v) is 3.10. The topological polar surface area (TPSA) is 53.6 Å². The molecule has 2 fully saturated rings. The molecule has 0 spiro atoms. The van der Waals surface area contributed by atoms with Crippen LogP contribution in [0.25, 0.3) is 0 Å². The molecule has 2 heterocycles. The largest absolute Gasteiger partial charge is 0.378 e. The van der Waals surface area contributed by atoms with Crippen molar-refractivity contribution in [3.8, 4) is 0 Å². The van der Waals surface area contributed by atoms with Crippen LogP contribution >= 0.6 is 24.8 Å². The molecule has 0 unspecified atom stereocenters. The summed E-state index contributed by atoms with van der Waals surface area (Å²) in [7, 11) is 1.73. The van der Waals surface area contributed by atoms with Gasteiger partial charge in [-0.3, -0.25) is 9.69 Å². The van der Waals surface area contributed by atoms with E-state index in [0.29, 0.717) is 12.3 Å². The van der Waals surface area contributed by atoms with Crippen LogP contribution in [0, 0.1) is 5.92 Å². The van der Waals surface area contributed by atoms with Crippen LogP contribution in [0.3, 0.4) is 0 Å². The number of hydrogen-bond donors (Lipinski definition) is 2. The maximum atomic E-state index is 12.1. The lowest BCUT2D eigenvalue weighted by atomic mass is 9.94. The first-order valence-electron chi connectivity index (χ1n) is 7.48. The molecule has 21 heavy (non-hydrogen) atoms. The summed E-state index contributed by atoms with van der Waals surface area (Å²) in [6.07, 6.45) is 3.04. The molecular formula is C14H29Cl2N3O2. The first-order valence-corrected chi connectivity index (χ1v) is 7.48. The zero-order valence-electron chi connectivity index (χ0n) is 13.0. The van der Waals surface area contributed by atoms with E-state index >= 15 is 0 Å². The third kappa shape index (κ3) is 6.28. The number of ether oxygens (including phenoxy) is 1. The second-order valence-corrected chi connectivity index (χ2v) is 5.70. The highest BCUT2D eigenvalue weighted by molar-refractivity contribution is 5.85. The number of hydrogen-bond acceptors (Lipinski definition) is 4. The average molecular weight is 342 g/mol. The predicted molar refractivity (Wildman–Crippen MR) is 89.5 cm³/mol. The first kappa shape index (κ1) is 20.9. The van der Waals surface area contributed by atoms with Gasteiger partial charge < -0.3 is 15.4 Å². The molecule has 2 rings (SSSR count). The molecule has 0 aromatic carbocycles. The van der Waals surface area contributed by atoms with Gasteiger partial charge in [-0.2, -0.15) is 0 Å². The van der Waals surface area contributed by atoms with Crippen molar-refractivity contribution >= 4 is 30.7 Å². The number of carbonyl (C=O) groups is 1. The lowest BCUT2D eigenvalue weighted by molar-refractivity contribution is -0.123. The molecular weight excluding hydrogens is 313 g/mol. The fraction of sp³-hybridized carbons (Fsp3) is 0.929. The van der Waals surface area contributed by atoms with Crippen molar-refractivity contribution in [1.82, 2.24) is 15.5 Å². The van der Waals surface area contributed by atoms with E-state index in [4.69, 9.17) is 4.74 Å². The second-order valence-electron chi connectivity index (χ2n) is 5.70. The van der Waals surface area contributed by atoms with Crippen molar-refractivity contribution in [2.45, 2.75) is 38.3 Å². The van der Waals surface area contributed by atoms with E-state index in [1.54, 1.807) is 7.11 Å².